The summed E-state index contributed by atoms with van der Waals surface area (Å²) in [6.45, 7) is 2.38. The number of carbonyl (C=O) groups excluding carboxylic acids is 2. The number of unbranched alkanes of at least 4 members (excludes halogenated alkanes) is 1. The van der Waals surface area contributed by atoms with Gasteiger partial charge in [-0.25, -0.2) is 14.0 Å². The van der Waals surface area contributed by atoms with Gasteiger partial charge in [-0.3, -0.25) is 19.1 Å². The van der Waals surface area contributed by atoms with E-state index in [9.17, 15) is 24.3 Å². The van der Waals surface area contributed by atoms with E-state index in [1.54, 1.807) is 0 Å². The molecule has 1 saturated carbocycles. The van der Waals surface area contributed by atoms with Gasteiger partial charge in [0.2, 0.25) is 17.8 Å². The molecule has 0 aromatic carbocycles. The van der Waals surface area contributed by atoms with Gasteiger partial charge in [0.1, 0.15) is 6.26 Å². The van der Waals surface area contributed by atoms with Crippen molar-refractivity contribution in [3.05, 3.63) is 106 Å². The first-order valence-electron chi connectivity index (χ1n) is 15.3. The lowest BCUT2D eigenvalue weighted by Gasteiger charge is -2.18. The molecule has 2 aliphatic rings. The number of hydrogen-bond donors (Lipinski definition) is 4. The Labute approximate surface area is 261 Å². The molecule has 2 heterocycles. The first kappa shape index (κ1) is 35.0. The highest BCUT2D eigenvalue weighted by atomic mass is 19.1. The molecule has 4 N–H and O–H groups in total. The van der Waals surface area contributed by atoms with E-state index in [2.05, 4.69) is 78.3 Å². The number of ether oxygens (including phenoxy) is 2. The third-order valence-electron chi connectivity index (χ3n) is 7.14. The number of nitrogens with one attached hydrogen (secondary N) is 3. The lowest BCUT2D eigenvalue weighted by molar-refractivity contribution is -0.121. The summed E-state index contributed by atoms with van der Waals surface area (Å²) < 4.78 is 26.3. The number of alkyl halides is 1. The minimum Gasteiger partial charge on any atom is -0.464 e. The molecule has 1 saturated heterocycles. The van der Waals surface area contributed by atoms with Crippen molar-refractivity contribution in [3.63, 3.8) is 0 Å². The summed E-state index contributed by atoms with van der Waals surface area (Å²) in [4.78, 5) is 49.3. The van der Waals surface area contributed by atoms with Gasteiger partial charge in [0.05, 0.1) is 0 Å². The zero-order valence-corrected chi connectivity index (χ0v) is 25.6. The number of aromatic nitrogens is 2. The molecular formula is C33H43FN4O7. The van der Waals surface area contributed by atoms with Crippen LogP contribution in [0, 0.1) is 0 Å². The van der Waals surface area contributed by atoms with Crippen LogP contribution in [0.15, 0.2) is 94.6 Å². The second-order valence-corrected chi connectivity index (χ2v) is 10.7. The molecule has 1 aliphatic carbocycles. The predicted molar refractivity (Wildman–Crippen MR) is 169 cm³/mol. The Kier molecular flexibility index (Phi) is 13.8. The van der Waals surface area contributed by atoms with E-state index in [-0.39, 0.29) is 31.2 Å². The van der Waals surface area contributed by atoms with E-state index in [0.717, 1.165) is 61.6 Å². The average Bonchev–Trinajstić information content (AvgIpc) is 3.51. The van der Waals surface area contributed by atoms with Crippen molar-refractivity contribution in [2.75, 3.05) is 13.1 Å². The Morgan fingerprint density at radius 2 is 1.62 bits per heavy atom. The number of aliphatic hydroxyl groups is 1. The number of halogens is 1. The summed E-state index contributed by atoms with van der Waals surface area (Å²) in [6, 6.07) is 1.02. The average molecular weight is 627 g/mol. The Morgan fingerprint density at radius 1 is 1.02 bits per heavy atom. The van der Waals surface area contributed by atoms with Gasteiger partial charge in [-0.2, -0.15) is 0 Å². The largest absolute Gasteiger partial charge is 0.464 e. The molecule has 12 heteroatoms. The number of aromatic amines is 1. The Hall–Kier alpha value is -4.45. The Morgan fingerprint density at radius 3 is 2.24 bits per heavy atom. The highest BCUT2D eigenvalue weighted by Crippen LogP contribution is 2.67. The van der Waals surface area contributed by atoms with Crippen LogP contribution in [-0.2, 0) is 14.3 Å². The second-order valence-electron chi connectivity index (χ2n) is 10.7. The van der Waals surface area contributed by atoms with E-state index in [1.807, 2.05) is 4.98 Å². The number of rotatable bonds is 18. The van der Waals surface area contributed by atoms with Gasteiger partial charge in [0.25, 0.3) is 5.56 Å². The number of alkyl carbamates (subject to hydrolysis) is 1. The maximum atomic E-state index is 15.2. The summed E-state index contributed by atoms with van der Waals surface area (Å²) >= 11 is 0. The molecular weight excluding hydrogens is 583 g/mol. The van der Waals surface area contributed by atoms with Crippen LogP contribution in [0.25, 0.3) is 0 Å². The molecule has 3 atom stereocenters. The fraction of sp³-hybridized carbons (Fsp3) is 0.455. The van der Waals surface area contributed by atoms with Crippen molar-refractivity contribution < 1.29 is 28.6 Å². The van der Waals surface area contributed by atoms with Crippen LogP contribution in [0.1, 0.15) is 70.9 Å². The van der Waals surface area contributed by atoms with Crippen LogP contribution in [0.5, 0.6) is 0 Å². The molecule has 244 valence electrons. The van der Waals surface area contributed by atoms with Crippen LogP contribution in [0.4, 0.5) is 9.18 Å². The normalized spacial score (nSPS) is 23.4. The fourth-order valence-electron chi connectivity index (χ4n) is 4.59. The summed E-state index contributed by atoms with van der Waals surface area (Å²) in [7, 11) is 0. The zero-order chi connectivity index (χ0) is 32.5. The Balaban J connectivity index is 1.21. The first-order valence-corrected chi connectivity index (χ1v) is 15.3. The van der Waals surface area contributed by atoms with Gasteiger partial charge in [-0.1, -0.05) is 67.7 Å². The smallest absolute Gasteiger partial charge is 0.412 e. The quantitative estimate of drug-likeness (QED) is 0.106. The number of amides is 2. The summed E-state index contributed by atoms with van der Waals surface area (Å²) in [5.74, 6) is -0.498. The molecule has 3 rings (SSSR count). The number of fused-ring (bicyclic) bond motifs is 1. The molecule has 0 unspecified atom stereocenters. The predicted octanol–water partition coefficient (Wildman–Crippen LogP) is 4.51. The molecule has 1 aromatic rings. The van der Waals surface area contributed by atoms with E-state index in [4.69, 9.17) is 9.47 Å². The monoisotopic (exact) mass is 626 g/mol. The van der Waals surface area contributed by atoms with Crippen molar-refractivity contribution in [1.29, 1.82) is 0 Å². The van der Waals surface area contributed by atoms with Gasteiger partial charge in [0, 0.05) is 38.2 Å². The molecule has 0 radical (unpaired) electrons. The van der Waals surface area contributed by atoms with Gasteiger partial charge < -0.3 is 25.2 Å². The maximum Gasteiger partial charge on any atom is 0.412 e. The number of allylic oxidation sites excluding steroid dienone is 10. The molecule has 1 aromatic heterocycles. The van der Waals surface area contributed by atoms with Crippen LogP contribution < -0.4 is 21.9 Å². The maximum absolute atomic E-state index is 15.2. The van der Waals surface area contributed by atoms with Crippen molar-refractivity contribution >= 4 is 12.0 Å². The lowest BCUT2D eigenvalue weighted by atomic mass is 10.2. The van der Waals surface area contributed by atoms with E-state index < -0.39 is 34.8 Å². The van der Waals surface area contributed by atoms with E-state index in [0.29, 0.717) is 12.8 Å². The highest BCUT2D eigenvalue weighted by molar-refractivity contribution is 5.76. The molecule has 2 amide bonds. The minimum atomic E-state index is -2.32. The standard InChI is InChI=1S/C33H43FN4O7/c1-2-3-4-5-6-7-8-9-10-11-12-13-14-15-16-17-18-19-27(39)35-21-22-36-31(42)44-24-26-33(43)25-32(33,34)29(45-26)38-23-20-28(40)37-30(38)41/h3-4,6-7,9-10,12-13,15-16,20,23-24,29,43H,2,5,8,11,14,17-19,21-22,25H2,1H3,(H,35,39)(H,36,42)(H,37,40,41)/b4-3-,7-6-,10-9-,13-12-,16-15-,26-24+/t29-,32+,33-/m1/s1. The molecule has 45 heavy (non-hydrogen) atoms. The van der Waals surface area contributed by atoms with Gasteiger partial charge in [0.15, 0.2) is 11.4 Å². The van der Waals surface area contributed by atoms with Crippen molar-refractivity contribution in [1.82, 2.24) is 20.2 Å². The highest BCUT2D eigenvalue weighted by Gasteiger charge is 2.82. The van der Waals surface area contributed by atoms with Crippen LogP contribution in [-0.4, -0.2) is 51.0 Å². The number of hydrogen-bond acceptors (Lipinski definition) is 7. The zero-order valence-electron chi connectivity index (χ0n) is 25.6. The van der Waals surface area contributed by atoms with Crippen molar-refractivity contribution in [2.45, 2.75) is 82.2 Å². The number of nitrogens with zero attached hydrogens (tertiary/aromatic N) is 1. The van der Waals surface area contributed by atoms with E-state index >= 15 is 4.39 Å². The summed E-state index contributed by atoms with van der Waals surface area (Å²) in [6.07, 6.45) is 27.0. The Bertz CT molecular complexity index is 1440. The van der Waals surface area contributed by atoms with Crippen molar-refractivity contribution in [2.24, 2.45) is 0 Å². The van der Waals surface area contributed by atoms with Crippen molar-refractivity contribution in [3.8, 4) is 0 Å². The van der Waals surface area contributed by atoms with Crippen LogP contribution in [0.2, 0.25) is 0 Å². The van der Waals surface area contributed by atoms with E-state index in [1.165, 1.54) is 0 Å². The topological polar surface area (TPSA) is 152 Å². The molecule has 2 fully saturated rings. The van der Waals surface area contributed by atoms with Crippen LogP contribution in [0.3, 0.4) is 0 Å². The second kappa shape index (κ2) is 17.7. The molecule has 1 aliphatic heterocycles. The number of carbonyl (C=O) groups is 2. The SMILES string of the molecule is CC/C=C\C/C=C\C/C=C\C/C=C\C/C=C\CCCC(=O)NCCNC(=O)O/C=C1/O[C@@H](n2ccc(=O)[nH]c2=O)[C@@]2(F)C[C@@]12O. The summed E-state index contributed by atoms with van der Waals surface area (Å²) in [5.41, 5.74) is -5.95. The van der Waals surface area contributed by atoms with Gasteiger partial charge in [-0.05, 0) is 44.9 Å². The molecule has 0 spiro atoms. The minimum absolute atomic E-state index is 0.0795. The number of H-pyrrole nitrogens is 1. The molecule has 0 bridgehead atoms. The summed E-state index contributed by atoms with van der Waals surface area (Å²) in [5, 5.41) is 15.7. The fourth-order valence-corrected chi connectivity index (χ4v) is 4.59. The third-order valence-corrected chi connectivity index (χ3v) is 7.14. The van der Waals surface area contributed by atoms with Gasteiger partial charge in [-0.15, -0.1) is 0 Å². The van der Waals surface area contributed by atoms with Crippen LogP contribution >= 0.6 is 0 Å². The molecule has 11 nitrogen and oxygen atoms in total. The van der Waals surface area contributed by atoms with Gasteiger partial charge >= 0.3 is 11.8 Å². The lowest BCUT2D eigenvalue weighted by Crippen LogP contribution is -2.36. The first-order chi connectivity index (χ1) is 21.7. The third kappa shape index (κ3) is 10.6.